The summed E-state index contributed by atoms with van der Waals surface area (Å²) in [6.45, 7) is 0.337. The first-order chi connectivity index (χ1) is 7.87. The number of rotatable bonds is 6. The van der Waals surface area contributed by atoms with Crippen molar-refractivity contribution in [1.82, 2.24) is 24.8 Å². The molecule has 0 saturated carbocycles. The molecule has 1 aromatic rings. The van der Waals surface area contributed by atoms with E-state index < -0.39 is 10.0 Å². The normalized spacial score (nSPS) is 11.4. The molecule has 1 amide bonds. The van der Waals surface area contributed by atoms with Gasteiger partial charge in [0.1, 0.15) is 12.9 Å². The Labute approximate surface area is 98.4 Å². The van der Waals surface area contributed by atoms with Gasteiger partial charge < -0.3 is 11.1 Å². The number of anilines is 1. The summed E-state index contributed by atoms with van der Waals surface area (Å²) in [6, 6.07) is 0. The van der Waals surface area contributed by atoms with E-state index in [0.717, 1.165) is 6.26 Å². The zero-order valence-corrected chi connectivity index (χ0v) is 10.1. The van der Waals surface area contributed by atoms with Gasteiger partial charge in [-0.15, -0.1) is 5.10 Å². The van der Waals surface area contributed by atoms with Gasteiger partial charge in [-0.25, -0.2) is 22.8 Å². The van der Waals surface area contributed by atoms with Crippen molar-refractivity contribution in [2.24, 2.45) is 0 Å². The first-order valence-corrected chi connectivity index (χ1v) is 6.62. The smallest absolute Gasteiger partial charge is 0.241 e. The summed E-state index contributed by atoms with van der Waals surface area (Å²) in [5.41, 5.74) is 5.27. The van der Waals surface area contributed by atoms with Crippen LogP contribution in [0.15, 0.2) is 6.33 Å². The average Bonchev–Trinajstić information content (AvgIpc) is 2.57. The number of carbonyl (C=O) groups is 1. The Balaban J connectivity index is 2.22. The number of nitrogen functional groups attached to an aromatic ring is 1. The molecule has 9 nitrogen and oxygen atoms in total. The molecule has 1 heterocycles. The molecule has 0 atom stereocenters. The molecule has 96 valence electrons. The number of hydrogen-bond donors (Lipinski definition) is 3. The number of sulfonamides is 1. The van der Waals surface area contributed by atoms with Crippen molar-refractivity contribution in [2.45, 2.75) is 6.54 Å². The summed E-state index contributed by atoms with van der Waals surface area (Å²) >= 11 is 0. The van der Waals surface area contributed by atoms with Gasteiger partial charge in [-0.05, 0) is 0 Å². The van der Waals surface area contributed by atoms with Gasteiger partial charge in [0.2, 0.25) is 21.9 Å². The van der Waals surface area contributed by atoms with Crippen molar-refractivity contribution in [3.63, 3.8) is 0 Å². The minimum atomic E-state index is -3.22. The molecule has 0 spiro atoms. The van der Waals surface area contributed by atoms with Crippen molar-refractivity contribution < 1.29 is 13.2 Å². The first kappa shape index (κ1) is 13.4. The van der Waals surface area contributed by atoms with E-state index in [-0.39, 0.29) is 31.5 Å². The molecule has 0 unspecified atom stereocenters. The van der Waals surface area contributed by atoms with Gasteiger partial charge >= 0.3 is 0 Å². The van der Waals surface area contributed by atoms with Crippen LogP contribution in [0.4, 0.5) is 5.95 Å². The Morgan fingerprint density at radius 3 is 2.76 bits per heavy atom. The van der Waals surface area contributed by atoms with Crippen LogP contribution >= 0.6 is 0 Å². The fourth-order valence-electron chi connectivity index (χ4n) is 1.03. The van der Waals surface area contributed by atoms with E-state index in [0.29, 0.717) is 0 Å². The summed E-state index contributed by atoms with van der Waals surface area (Å²) in [7, 11) is -3.22. The molecule has 1 aromatic heterocycles. The Hall–Kier alpha value is -1.68. The number of nitrogens with one attached hydrogen (secondary N) is 2. The minimum Gasteiger partial charge on any atom is -0.367 e. The molecule has 0 radical (unpaired) electrons. The van der Waals surface area contributed by atoms with Crippen LogP contribution in [0.25, 0.3) is 0 Å². The fourth-order valence-corrected chi connectivity index (χ4v) is 1.50. The van der Waals surface area contributed by atoms with E-state index in [4.69, 9.17) is 5.73 Å². The van der Waals surface area contributed by atoms with Gasteiger partial charge in [0, 0.05) is 13.1 Å². The van der Waals surface area contributed by atoms with Crippen molar-refractivity contribution >= 4 is 21.9 Å². The highest BCUT2D eigenvalue weighted by Gasteiger charge is 2.04. The van der Waals surface area contributed by atoms with E-state index >= 15 is 0 Å². The molecule has 1 rings (SSSR count). The number of hydrogen-bond acceptors (Lipinski definition) is 6. The maximum atomic E-state index is 11.3. The SMILES string of the molecule is CS(=O)(=O)NCCNC(=O)Cn1cnc(N)n1. The van der Waals surface area contributed by atoms with E-state index in [1.165, 1.54) is 11.0 Å². The van der Waals surface area contributed by atoms with Gasteiger partial charge in [0.05, 0.1) is 6.26 Å². The van der Waals surface area contributed by atoms with Crippen molar-refractivity contribution in [1.29, 1.82) is 0 Å². The largest absolute Gasteiger partial charge is 0.367 e. The Morgan fingerprint density at radius 2 is 2.24 bits per heavy atom. The lowest BCUT2D eigenvalue weighted by Gasteiger charge is -2.05. The lowest BCUT2D eigenvalue weighted by atomic mass is 10.5. The predicted molar refractivity (Wildman–Crippen MR) is 60.3 cm³/mol. The number of aromatic nitrogens is 3. The van der Waals surface area contributed by atoms with Crippen LogP contribution in [0.3, 0.4) is 0 Å². The third-order valence-corrected chi connectivity index (χ3v) is 2.40. The van der Waals surface area contributed by atoms with Gasteiger partial charge in [-0.3, -0.25) is 4.79 Å². The molecule has 4 N–H and O–H groups in total. The molecule has 0 fully saturated rings. The zero-order valence-electron chi connectivity index (χ0n) is 9.25. The zero-order chi connectivity index (χ0) is 12.9. The number of nitrogens with zero attached hydrogens (tertiary/aromatic N) is 3. The Kier molecular flexibility index (Phi) is 4.40. The van der Waals surface area contributed by atoms with E-state index in [9.17, 15) is 13.2 Å². The minimum absolute atomic E-state index is 0.0108. The third kappa shape index (κ3) is 5.82. The molecular formula is C7H14N6O3S. The molecule has 17 heavy (non-hydrogen) atoms. The molecule has 0 aliphatic carbocycles. The van der Waals surface area contributed by atoms with E-state index in [1.54, 1.807) is 0 Å². The molecule has 0 aliphatic heterocycles. The molecule has 10 heteroatoms. The predicted octanol–water partition coefficient (Wildman–Crippen LogP) is -2.47. The number of amides is 1. The fraction of sp³-hybridized carbons (Fsp3) is 0.571. The molecule has 0 saturated heterocycles. The molecule has 0 bridgehead atoms. The lowest BCUT2D eigenvalue weighted by Crippen LogP contribution is -2.35. The van der Waals surface area contributed by atoms with Crippen molar-refractivity contribution in [3.05, 3.63) is 6.33 Å². The highest BCUT2D eigenvalue weighted by atomic mass is 32.2. The van der Waals surface area contributed by atoms with Crippen LogP contribution < -0.4 is 15.8 Å². The number of carbonyl (C=O) groups excluding carboxylic acids is 1. The van der Waals surface area contributed by atoms with Crippen LogP contribution in [0.2, 0.25) is 0 Å². The summed E-state index contributed by atoms with van der Waals surface area (Å²) in [4.78, 5) is 15.0. The van der Waals surface area contributed by atoms with Crippen LogP contribution in [0.5, 0.6) is 0 Å². The summed E-state index contributed by atoms with van der Waals surface area (Å²) in [5, 5.41) is 6.25. The average molecular weight is 262 g/mol. The number of nitrogens with two attached hydrogens (primary N) is 1. The topological polar surface area (TPSA) is 132 Å². The lowest BCUT2D eigenvalue weighted by molar-refractivity contribution is -0.121. The Bertz CT molecular complexity index is 482. The second kappa shape index (κ2) is 5.59. The highest BCUT2D eigenvalue weighted by Crippen LogP contribution is 1.88. The van der Waals surface area contributed by atoms with Crippen molar-refractivity contribution in [3.8, 4) is 0 Å². The maximum absolute atomic E-state index is 11.3. The summed E-state index contributed by atoms with van der Waals surface area (Å²) < 4.78 is 25.0. The second-order valence-electron chi connectivity index (χ2n) is 3.32. The molecule has 0 aromatic carbocycles. The first-order valence-electron chi connectivity index (χ1n) is 4.73. The van der Waals surface area contributed by atoms with Gasteiger partial charge in [-0.2, -0.15) is 0 Å². The van der Waals surface area contributed by atoms with Crippen LogP contribution in [-0.4, -0.2) is 48.4 Å². The van der Waals surface area contributed by atoms with E-state index in [2.05, 4.69) is 20.1 Å². The van der Waals surface area contributed by atoms with Gasteiger partial charge in [0.25, 0.3) is 0 Å². The summed E-state index contributed by atoms with van der Waals surface area (Å²) in [6.07, 6.45) is 2.39. The second-order valence-corrected chi connectivity index (χ2v) is 5.15. The Morgan fingerprint density at radius 1 is 1.53 bits per heavy atom. The quantitative estimate of drug-likeness (QED) is 0.486. The van der Waals surface area contributed by atoms with E-state index in [1.807, 2.05) is 0 Å². The van der Waals surface area contributed by atoms with Crippen LogP contribution in [0.1, 0.15) is 0 Å². The summed E-state index contributed by atoms with van der Waals surface area (Å²) in [5.74, 6) is -0.207. The van der Waals surface area contributed by atoms with Crippen LogP contribution in [-0.2, 0) is 21.4 Å². The highest BCUT2D eigenvalue weighted by molar-refractivity contribution is 7.88. The standard InChI is InChI=1S/C7H14N6O3S/c1-17(15,16)11-3-2-9-6(14)4-13-5-10-7(8)12-13/h5,11H,2-4H2,1H3,(H2,8,12)(H,9,14). The van der Waals surface area contributed by atoms with Gasteiger partial charge in [0.15, 0.2) is 0 Å². The van der Waals surface area contributed by atoms with Crippen molar-refractivity contribution in [2.75, 3.05) is 25.1 Å². The third-order valence-electron chi connectivity index (χ3n) is 1.67. The molecule has 0 aliphatic rings. The van der Waals surface area contributed by atoms with Crippen LogP contribution in [0, 0.1) is 0 Å². The monoisotopic (exact) mass is 262 g/mol. The molecular weight excluding hydrogens is 248 g/mol. The maximum Gasteiger partial charge on any atom is 0.241 e. The van der Waals surface area contributed by atoms with Gasteiger partial charge in [-0.1, -0.05) is 0 Å².